The van der Waals surface area contributed by atoms with Crippen LogP contribution < -0.4 is 25.5 Å². The van der Waals surface area contributed by atoms with Crippen molar-refractivity contribution in [3.8, 4) is 11.5 Å². The molecule has 1 aliphatic heterocycles. The largest absolute Gasteiger partial charge is 0.490 e. The molecule has 228 valence electrons. The van der Waals surface area contributed by atoms with Crippen molar-refractivity contribution in [1.82, 2.24) is 20.6 Å². The average Bonchev–Trinajstić information content (AvgIpc) is 3.37. The van der Waals surface area contributed by atoms with Crippen molar-refractivity contribution in [1.29, 1.82) is 0 Å². The maximum absolute atomic E-state index is 12.5. The zero-order chi connectivity index (χ0) is 31.1. The summed E-state index contributed by atoms with van der Waals surface area (Å²) in [6.07, 6.45) is 2.60. The summed E-state index contributed by atoms with van der Waals surface area (Å²) in [5, 5.41) is 21.2. The standard InChI is InChI=1S/C33H35N5O6/c1-4-43-28-16-23(31-30(32(40)42-3)21(2)35-33(41)36-31)14-15-27(28)44-20-29(39)37-34-17-24-19-38(18-22-10-6-5-7-11-22)26-13-9-8-12-25(24)26/h5-17,19,29,31,37,39H,4,18,20H2,1-3H3,(H2,35,36,41)/b34-17+/t29-,31+/m1/s1. The zero-order valence-corrected chi connectivity index (χ0v) is 24.7. The number of para-hydroxylation sites is 1. The molecule has 3 aromatic carbocycles. The van der Waals surface area contributed by atoms with Gasteiger partial charge in [0.15, 0.2) is 17.7 Å². The molecule has 1 aliphatic rings. The third-order valence-corrected chi connectivity index (χ3v) is 7.11. The van der Waals surface area contributed by atoms with Crippen LogP contribution in [0, 0.1) is 0 Å². The smallest absolute Gasteiger partial charge is 0.337 e. The van der Waals surface area contributed by atoms with E-state index in [-0.39, 0.29) is 12.2 Å². The molecule has 0 spiro atoms. The second-order valence-corrected chi connectivity index (χ2v) is 10.1. The zero-order valence-electron chi connectivity index (χ0n) is 24.7. The van der Waals surface area contributed by atoms with Crippen LogP contribution in [-0.2, 0) is 16.1 Å². The number of methoxy groups -OCH3 is 1. The number of ether oxygens (including phenoxy) is 3. The number of nitrogens with zero attached hydrogens (tertiary/aromatic N) is 2. The number of rotatable bonds is 12. The molecular weight excluding hydrogens is 562 g/mol. The van der Waals surface area contributed by atoms with Crippen LogP contribution in [0.25, 0.3) is 10.9 Å². The minimum atomic E-state index is -1.11. The van der Waals surface area contributed by atoms with Gasteiger partial charge < -0.3 is 34.5 Å². The molecule has 0 radical (unpaired) electrons. The van der Waals surface area contributed by atoms with Gasteiger partial charge >= 0.3 is 12.0 Å². The normalized spacial score (nSPS) is 15.5. The number of aliphatic hydroxyl groups is 1. The van der Waals surface area contributed by atoms with Gasteiger partial charge in [0.05, 0.1) is 31.5 Å². The Morgan fingerprint density at radius 2 is 1.86 bits per heavy atom. The van der Waals surface area contributed by atoms with E-state index in [1.54, 1.807) is 31.3 Å². The monoisotopic (exact) mass is 597 g/mol. The van der Waals surface area contributed by atoms with Crippen LogP contribution in [0.1, 0.15) is 36.6 Å². The highest BCUT2D eigenvalue weighted by atomic mass is 16.5. The fraction of sp³-hybridized carbons (Fsp3) is 0.242. The van der Waals surface area contributed by atoms with Gasteiger partial charge in [0.1, 0.15) is 6.61 Å². The topological polar surface area (TPSA) is 135 Å². The number of urea groups is 1. The predicted octanol–water partition coefficient (Wildman–Crippen LogP) is 4.21. The SMILES string of the molecule is CCOc1cc([C@@H]2NC(=O)NC(C)=C2C(=O)OC)ccc1OC[C@@H](O)N/N=C/c1cn(Cc2ccccc2)c2ccccc12. The van der Waals surface area contributed by atoms with Crippen LogP contribution in [-0.4, -0.2) is 54.4 Å². The molecule has 0 fully saturated rings. The number of benzene rings is 3. The lowest BCUT2D eigenvalue weighted by molar-refractivity contribution is -0.136. The van der Waals surface area contributed by atoms with Crippen LogP contribution in [0.3, 0.4) is 0 Å². The summed E-state index contributed by atoms with van der Waals surface area (Å²) in [6, 6.07) is 22.2. The third kappa shape index (κ3) is 6.84. The number of hydrogen-bond acceptors (Lipinski definition) is 8. The molecule has 0 aliphatic carbocycles. The molecule has 4 N–H and O–H groups in total. The number of aliphatic hydroxyl groups excluding tert-OH is 1. The van der Waals surface area contributed by atoms with E-state index in [0.29, 0.717) is 29.4 Å². The Bertz CT molecular complexity index is 1700. The van der Waals surface area contributed by atoms with Gasteiger partial charge in [0.25, 0.3) is 0 Å². The quantitative estimate of drug-likeness (QED) is 0.0832. The van der Waals surface area contributed by atoms with Crippen LogP contribution in [0.2, 0.25) is 0 Å². The highest BCUT2D eigenvalue weighted by Crippen LogP contribution is 2.35. The number of nitrogens with one attached hydrogen (secondary N) is 3. The number of esters is 1. The highest BCUT2D eigenvalue weighted by Gasteiger charge is 2.32. The van der Waals surface area contributed by atoms with Crippen molar-refractivity contribution >= 4 is 29.1 Å². The highest BCUT2D eigenvalue weighted by molar-refractivity contribution is 5.99. The van der Waals surface area contributed by atoms with Gasteiger partial charge in [0, 0.05) is 34.9 Å². The first-order chi connectivity index (χ1) is 21.4. The summed E-state index contributed by atoms with van der Waals surface area (Å²) in [5.74, 6) is 0.209. The minimum Gasteiger partial charge on any atom is -0.490 e. The molecule has 0 saturated carbocycles. The lowest BCUT2D eigenvalue weighted by Gasteiger charge is -2.28. The number of amides is 2. The van der Waals surface area contributed by atoms with Gasteiger partial charge in [0.2, 0.25) is 0 Å². The van der Waals surface area contributed by atoms with Gasteiger partial charge in [-0.05, 0) is 43.2 Å². The third-order valence-electron chi connectivity index (χ3n) is 7.11. The molecule has 5 rings (SSSR count). The molecule has 11 nitrogen and oxygen atoms in total. The first-order valence-electron chi connectivity index (χ1n) is 14.2. The molecule has 2 heterocycles. The van der Waals surface area contributed by atoms with E-state index >= 15 is 0 Å². The number of aromatic nitrogens is 1. The molecule has 0 saturated heterocycles. The lowest BCUT2D eigenvalue weighted by Crippen LogP contribution is -2.45. The molecular formula is C33H35N5O6. The molecule has 44 heavy (non-hydrogen) atoms. The number of hydrogen-bond donors (Lipinski definition) is 4. The fourth-order valence-electron chi connectivity index (χ4n) is 5.10. The molecule has 2 amide bonds. The Morgan fingerprint density at radius 3 is 2.64 bits per heavy atom. The number of allylic oxidation sites excluding steroid dienone is 1. The Balaban J connectivity index is 1.26. The maximum Gasteiger partial charge on any atom is 0.337 e. The van der Waals surface area contributed by atoms with Crippen molar-refractivity contribution in [3.05, 3.63) is 107 Å². The number of hydrazone groups is 1. The lowest BCUT2D eigenvalue weighted by atomic mass is 9.95. The van der Waals surface area contributed by atoms with Gasteiger partial charge in [-0.1, -0.05) is 54.6 Å². The van der Waals surface area contributed by atoms with E-state index in [0.717, 1.165) is 23.0 Å². The minimum absolute atomic E-state index is 0.122. The van der Waals surface area contributed by atoms with Crippen LogP contribution >= 0.6 is 0 Å². The predicted molar refractivity (Wildman–Crippen MR) is 166 cm³/mol. The first-order valence-corrected chi connectivity index (χ1v) is 14.2. The molecule has 0 bridgehead atoms. The van der Waals surface area contributed by atoms with Crippen molar-refractivity contribution < 1.29 is 28.9 Å². The maximum atomic E-state index is 12.5. The molecule has 11 heteroatoms. The Hall–Kier alpha value is -5.29. The fourth-order valence-corrected chi connectivity index (χ4v) is 5.10. The number of fused-ring (bicyclic) bond motifs is 1. The van der Waals surface area contributed by atoms with Crippen LogP contribution in [0.15, 0.2) is 95.4 Å². The van der Waals surface area contributed by atoms with Gasteiger partial charge in [-0.25, -0.2) is 9.59 Å². The van der Waals surface area contributed by atoms with Gasteiger partial charge in [-0.3, -0.25) is 5.43 Å². The van der Waals surface area contributed by atoms with E-state index in [2.05, 4.69) is 43.9 Å². The van der Waals surface area contributed by atoms with E-state index < -0.39 is 24.3 Å². The van der Waals surface area contributed by atoms with E-state index in [9.17, 15) is 14.7 Å². The summed E-state index contributed by atoms with van der Waals surface area (Å²) in [7, 11) is 1.28. The average molecular weight is 598 g/mol. The molecule has 1 aromatic heterocycles. The number of carbonyl (C=O) groups excluding carboxylic acids is 2. The summed E-state index contributed by atoms with van der Waals surface area (Å²) >= 11 is 0. The van der Waals surface area contributed by atoms with Crippen molar-refractivity contribution in [3.63, 3.8) is 0 Å². The van der Waals surface area contributed by atoms with Crippen molar-refractivity contribution in [2.45, 2.75) is 32.7 Å². The Labute approximate surface area is 255 Å². The summed E-state index contributed by atoms with van der Waals surface area (Å²) in [4.78, 5) is 24.6. The van der Waals surface area contributed by atoms with Crippen LogP contribution in [0.4, 0.5) is 4.79 Å². The van der Waals surface area contributed by atoms with Crippen molar-refractivity contribution in [2.24, 2.45) is 5.10 Å². The summed E-state index contributed by atoms with van der Waals surface area (Å²) < 4.78 is 18.7. The molecule has 0 unspecified atom stereocenters. The Morgan fingerprint density at radius 1 is 1.09 bits per heavy atom. The Kier molecular flexibility index (Phi) is 9.46. The van der Waals surface area contributed by atoms with E-state index in [4.69, 9.17) is 14.2 Å². The summed E-state index contributed by atoms with van der Waals surface area (Å²) in [6.45, 7) is 4.42. The van der Waals surface area contributed by atoms with E-state index in [1.165, 1.54) is 12.7 Å². The van der Waals surface area contributed by atoms with Gasteiger partial charge in [-0.2, -0.15) is 5.10 Å². The summed E-state index contributed by atoms with van der Waals surface area (Å²) in [5.41, 5.74) is 7.18. The molecule has 2 atom stereocenters. The second-order valence-electron chi connectivity index (χ2n) is 10.1. The van der Waals surface area contributed by atoms with Crippen molar-refractivity contribution in [2.75, 3.05) is 20.3 Å². The van der Waals surface area contributed by atoms with Crippen LogP contribution in [0.5, 0.6) is 11.5 Å². The first kappa shape index (κ1) is 30.2. The molecule has 4 aromatic rings. The van der Waals surface area contributed by atoms with E-state index in [1.807, 2.05) is 49.5 Å². The van der Waals surface area contributed by atoms with Gasteiger partial charge in [-0.15, -0.1) is 0 Å². The number of carbonyl (C=O) groups is 2. The second kappa shape index (κ2) is 13.8.